The number of nitrogens with zero attached hydrogens (tertiary/aromatic N) is 2. The summed E-state index contributed by atoms with van der Waals surface area (Å²) in [6.07, 6.45) is 1.26. The van der Waals surface area contributed by atoms with Gasteiger partial charge in [0, 0.05) is 19.2 Å². The van der Waals surface area contributed by atoms with Gasteiger partial charge >= 0.3 is 0 Å². The number of hydrogen-bond acceptors (Lipinski definition) is 4. The lowest BCUT2D eigenvalue weighted by atomic mass is 10.1. The number of halogens is 1. The Balaban J connectivity index is 1.61. The summed E-state index contributed by atoms with van der Waals surface area (Å²) in [5, 5.41) is 3.05. The highest BCUT2D eigenvalue weighted by atomic mass is 19.1. The van der Waals surface area contributed by atoms with Crippen LogP contribution in [-0.2, 0) is 29.2 Å². The van der Waals surface area contributed by atoms with Crippen molar-refractivity contribution in [3.8, 4) is 0 Å². The molecule has 27 heavy (non-hydrogen) atoms. The van der Waals surface area contributed by atoms with Crippen LogP contribution in [0.25, 0.3) is 10.9 Å². The number of carbonyl (C=O) groups excluding carboxylic acids is 1. The van der Waals surface area contributed by atoms with Gasteiger partial charge in [0.05, 0.1) is 23.8 Å². The van der Waals surface area contributed by atoms with Crippen LogP contribution < -0.4 is 10.9 Å². The minimum absolute atomic E-state index is 0.151. The summed E-state index contributed by atoms with van der Waals surface area (Å²) in [7, 11) is 0. The number of rotatable bonds is 7. The van der Waals surface area contributed by atoms with E-state index in [4.69, 9.17) is 4.74 Å². The quantitative estimate of drug-likeness (QED) is 0.694. The molecule has 1 heterocycles. The van der Waals surface area contributed by atoms with E-state index in [9.17, 15) is 14.0 Å². The molecule has 2 aromatic carbocycles. The predicted octanol–water partition coefficient (Wildman–Crippen LogP) is 2.39. The Morgan fingerprint density at radius 1 is 1.19 bits per heavy atom. The van der Waals surface area contributed by atoms with Crippen molar-refractivity contribution in [3.05, 3.63) is 76.1 Å². The molecule has 3 aromatic rings. The van der Waals surface area contributed by atoms with Crippen LogP contribution in [0.2, 0.25) is 0 Å². The second kappa shape index (κ2) is 8.55. The molecule has 0 aliphatic carbocycles. The van der Waals surface area contributed by atoms with Crippen LogP contribution in [0.4, 0.5) is 4.39 Å². The fourth-order valence-electron chi connectivity index (χ4n) is 2.63. The average molecular weight is 369 g/mol. The molecule has 0 spiro atoms. The second-order valence-electron chi connectivity index (χ2n) is 6.07. The molecule has 0 atom stereocenters. The van der Waals surface area contributed by atoms with Crippen molar-refractivity contribution >= 4 is 16.8 Å². The molecular formula is C20H20FN3O3. The first-order valence-electron chi connectivity index (χ1n) is 8.64. The molecule has 0 aliphatic heterocycles. The summed E-state index contributed by atoms with van der Waals surface area (Å²) in [5.74, 6) is -0.768. The molecule has 0 saturated heterocycles. The molecule has 0 bridgehead atoms. The summed E-state index contributed by atoms with van der Waals surface area (Å²) >= 11 is 0. The molecule has 1 amide bonds. The number of fused-ring (bicyclic) bond motifs is 1. The van der Waals surface area contributed by atoms with E-state index in [0.717, 1.165) is 11.1 Å². The summed E-state index contributed by atoms with van der Waals surface area (Å²) in [6.45, 7) is 3.37. The third-order valence-corrected chi connectivity index (χ3v) is 4.09. The number of carbonyl (C=O) groups is 1. The van der Waals surface area contributed by atoms with E-state index in [1.807, 2.05) is 31.2 Å². The molecular weight excluding hydrogens is 349 g/mol. The highest BCUT2D eigenvalue weighted by Crippen LogP contribution is 2.08. The zero-order valence-corrected chi connectivity index (χ0v) is 14.9. The van der Waals surface area contributed by atoms with E-state index in [1.165, 1.54) is 29.1 Å². The Labute approximate surface area is 155 Å². The monoisotopic (exact) mass is 369 g/mol. The molecule has 0 fully saturated rings. The largest absolute Gasteiger partial charge is 0.377 e. The zero-order valence-electron chi connectivity index (χ0n) is 14.9. The van der Waals surface area contributed by atoms with Crippen LogP contribution in [0.1, 0.15) is 18.1 Å². The molecule has 0 unspecified atom stereocenters. The van der Waals surface area contributed by atoms with Crippen molar-refractivity contribution in [2.45, 2.75) is 26.6 Å². The highest BCUT2D eigenvalue weighted by molar-refractivity contribution is 5.79. The second-order valence-corrected chi connectivity index (χ2v) is 6.07. The summed E-state index contributed by atoms with van der Waals surface area (Å²) in [5.41, 5.74) is 1.90. The van der Waals surface area contributed by atoms with Crippen molar-refractivity contribution in [1.82, 2.24) is 14.9 Å². The Hall–Kier alpha value is -3.06. The van der Waals surface area contributed by atoms with Crippen LogP contribution in [-0.4, -0.2) is 22.1 Å². The Kier molecular flexibility index (Phi) is 5.93. The third-order valence-electron chi connectivity index (χ3n) is 4.09. The van der Waals surface area contributed by atoms with E-state index in [1.54, 1.807) is 0 Å². The summed E-state index contributed by atoms with van der Waals surface area (Å²) in [4.78, 5) is 28.6. The van der Waals surface area contributed by atoms with Gasteiger partial charge in [-0.25, -0.2) is 9.37 Å². The van der Waals surface area contributed by atoms with Gasteiger partial charge in [-0.05, 0) is 30.2 Å². The van der Waals surface area contributed by atoms with Gasteiger partial charge in [-0.1, -0.05) is 24.3 Å². The van der Waals surface area contributed by atoms with Crippen molar-refractivity contribution < 1.29 is 13.9 Å². The number of ether oxygens (including phenoxy) is 1. The van der Waals surface area contributed by atoms with Crippen LogP contribution in [0.15, 0.2) is 53.6 Å². The average Bonchev–Trinajstić information content (AvgIpc) is 2.67. The molecule has 140 valence electrons. The first-order chi connectivity index (χ1) is 13.1. The van der Waals surface area contributed by atoms with E-state index < -0.39 is 5.82 Å². The molecule has 0 saturated carbocycles. The van der Waals surface area contributed by atoms with Crippen LogP contribution >= 0.6 is 0 Å². The van der Waals surface area contributed by atoms with E-state index in [2.05, 4.69) is 10.3 Å². The molecule has 1 aromatic heterocycles. The molecule has 1 N–H and O–H groups in total. The minimum atomic E-state index is -0.461. The maximum absolute atomic E-state index is 13.2. The predicted molar refractivity (Wildman–Crippen MR) is 99.6 cm³/mol. The lowest BCUT2D eigenvalue weighted by Gasteiger charge is -2.09. The Morgan fingerprint density at radius 3 is 2.67 bits per heavy atom. The molecule has 6 nitrogen and oxygen atoms in total. The van der Waals surface area contributed by atoms with Crippen LogP contribution in [0, 0.1) is 5.82 Å². The summed E-state index contributed by atoms with van der Waals surface area (Å²) < 4.78 is 19.8. The number of nitrogens with one attached hydrogen (secondary N) is 1. The lowest BCUT2D eigenvalue weighted by Crippen LogP contribution is -2.32. The molecule has 3 rings (SSSR count). The fraction of sp³-hybridized carbons (Fsp3) is 0.250. The van der Waals surface area contributed by atoms with E-state index in [0.29, 0.717) is 19.8 Å². The van der Waals surface area contributed by atoms with Gasteiger partial charge < -0.3 is 10.1 Å². The molecule has 0 radical (unpaired) electrons. The number of aromatic nitrogens is 2. The van der Waals surface area contributed by atoms with Crippen molar-refractivity contribution in [3.63, 3.8) is 0 Å². The Bertz CT molecular complexity index is 1000. The fourth-order valence-corrected chi connectivity index (χ4v) is 2.63. The lowest BCUT2D eigenvalue weighted by molar-refractivity contribution is -0.121. The Morgan fingerprint density at radius 2 is 1.93 bits per heavy atom. The van der Waals surface area contributed by atoms with Crippen LogP contribution in [0.3, 0.4) is 0 Å². The van der Waals surface area contributed by atoms with Gasteiger partial charge in [0.15, 0.2) is 0 Å². The molecule has 7 heteroatoms. The number of amides is 1. The first-order valence-corrected chi connectivity index (χ1v) is 8.64. The van der Waals surface area contributed by atoms with Gasteiger partial charge in [-0.3, -0.25) is 14.2 Å². The number of benzene rings is 2. The van der Waals surface area contributed by atoms with Gasteiger partial charge in [0.1, 0.15) is 12.4 Å². The normalized spacial score (nSPS) is 10.9. The molecule has 0 aliphatic rings. The van der Waals surface area contributed by atoms with E-state index >= 15 is 0 Å². The summed E-state index contributed by atoms with van der Waals surface area (Å²) in [6, 6.07) is 11.5. The first kappa shape index (κ1) is 18.7. The van der Waals surface area contributed by atoms with Gasteiger partial charge in [-0.2, -0.15) is 0 Å². The third kappa shape index (κ3) is 4.77. The standard InChI is InChI=1S/C20H20FN3O3/c1-2-27-12-15-5-3-14(4-6-15)10-22-19(25)11-24-13-23-18-9-16(21)7-8-17(18)20(24)26/h3-9,13H,2,10-12H2,1H3,(H,22,25). The SMILES string of the molecule is CCOCc1ccc(CNC(=O)Cn2cnc3cc(F)ccc3c2=O)cc1. The highest BCUT2D eigenvalue weighted by Gasteiger charge is 2.09. The smallest absolute Gasteiger partial charge is 0.261 e. The van der Waals surface area contributed by atoms with Crippen LogP contribution in [0.5, 0.6) is 0 Å². The topological polar surface area (TPSA) is 73.2 Å². The maximum atomic E-state index is 13.2. The van der Waals surface area contributed by atoms with Gasteiger partial charge in [0.25, 0.3) is 5.56 Å². The maximum Gasteiger partial charge on any atom is 0.261 e. The van der Waals surface area contributed by atoms with Crippen molar-refractivity contribution in [1.29, 1.82) is 0 Å². The van der Waals surface area contributed by atoms with Gasteiger partial charge in [0.2, 0.25) is 5.91 Å². The zero-order chi connectivity index (χ0) is 19.2. The minimum Gasteiger partial charge on any atom is -0.377 e. The van der Waals surface area contributed by atoms with Crippen molar-refractivity contribution in [2.24, 2.45) is 0 Å². The van der Waals surface area contributed by atoms with Gasteiger partial charge in [-0.15, -0.1) is 0 Å². The number of hydrogen-bond donors (Lipinski definition) is 1. The van der Waals surface area contributed by atoms with E-state index in [-0.39, 0.29) is 28.9 Å². The van der Waals surface area contributed by atoms with Crippen molar-refractivity contribution in [2.75, 3.05) is 6.61 Å².